The van der Waals surface area contributed by atoms with E-state index in [1.807, 2.05) is 91.1 Å². The summed E-state index contributed by atoms with van der Waals surface area (Å²) in [6.07, 6.45) is 0. The lowest BCUT2D eigenvalue weighted by Crippen LogP contribution is -2.21. The fourth-order valence-electron chi connectivity index (χ4n) is 5.27. The molecule has 0 aliphatic heterocycles. The van der Waals surface area contributed by atoms with Crippen molar-refractivity contribution in [2.24, 2.45) is 0 Å². The Morgan fingerprint density at radius 2 is 1.15 bits per heavy atom. The SMILES string of the molecule is CNC(=O)c1cc(C(=O)NC)cc(-c2nc(-c3ccc(N(C)C)cc3)c(-c3ccc(N(C)C)cc3)n2-c2ccc(P(=O)(O)O)cc2)c1. The van der Waals surface area contributed by atoms with Crippen molar-refractivity contribution in [2.75, 3.05) is 52.1 Å². The zero-order valence-electron chi connectivity index (χ0n) is 27.0. The van der Waals surface area contributed by atoms with Gasteiger partial charge in [-0.3, -0.25) is 18.7 Å². The van der Waals surface area contributed by atoms with Crippen LogP contribution < -0.4 is 25.7 Å². The summed E-state index contributed by atoms with van der Waals surface area (Å²) in [5, 5.41) is 5.13. The summed E-state index contributed by atoms with van der Waals surface area (Å²) in [6, 6.07) is 26.8. The van der Waals surface area contributed by atoms with Gasteiger partial charge in [0.25, 0.3) is 11.8 Å². The van der Waals surface area contributed by atoms with Crippen molar-refractivity contribution in [3.8, 4) is 39.6 Å². The molecule has 0 spiro atoms. The van der Waals surface area contributed by atoms with Gasteiger partial charge in [0.2, 0.25) is 0 Å². The van der Waals surface area contributed by atoms with Gasteiger partial charge in [-0.15, -0.1) is 0 Å². The third-order valence-corrected chi connectivity index (χ3v) is 8.78. The fraction of sp³-hybridized carbons (Fsp3) is 0.171. The van der Waals surface area contributed by atoms with Crippen LogP contribution in [0.5, 0.6) is 0 Å². The largest absolute Gasteiger partial charge is 0.378 e. The van der Waals surface area contributed by atoms with Crippen LogP contribution in [-0.2, 0) is 4.57 Å². The number of carbonyl (C=O) groups excluding carboxylic acids is 2. The minimum Gasteiger partial charge on any atom is -0.378 e. The van der Waals surface area contributed by atoms with E-state index in [4.69, 9.17) is 4.98 Å². The van der Waals surface area contributed by atoms with E-state index < -0.39 is 7.60 Å². The molecule has 2 amide bonds. The summed E-state index contributed by atoms with van der Waals surface area (Å²) in [5.74, 6) is -0.330. The smallest absolute Gasteiger partial charge is 0.356 e. The van der Waals surface area contributed by atoms with Gasteiger partial charge in [0.15, 0.2) is 0 Å². The maximum Gasteiger partial charge on any atom is 0.356 e. The first-order valence-corrected chi connectivity index (χ1v) is 16.4. The Morgan fingerprint density at radius 3 is 1.57 bits per heavy atom. The van der Waals surface area contributed by atoms with Gasteiger partial charge < -0.3 is 30.2 Å². The van der Waals surface area contributed by atoms with Crippen molar-refractivity contribution in [1.82, 2.24) is 20.2 Å². The molecule has 0 aliphatic carbocycles. The first-order chi connectivity index (χ1) is 22.3. The van der Waals surface area contributed by atoms with E-state index in [-0.39, 0.29) is 28.2 Å². The van der Waals surface area contributed by atoms with Crippen LogP contribution in [0.1, 0.15) is 20.7 Å². The predicted molar refractivity (Wildman–Crippen MR) is 187 cm³/mol. The molecule has 12 heteroatoms. The Bertz CT molecular complexity index is 1940. The van der Waals surface area contributed by atoms with Gasteiger partial charge in [0.1, 0.15) is 5.82 Å². The first kappa shape index (κ1) is 33.2. The average Bonchev–Trinajstić information content (AvgIpc) is 3.47. The van der Waals surface area contributed by atoms with Gasteiger partial charge in [0.05, 0.1) is 16.7 Å². The maximum absolute atomic E-state index is 12.9. The van der Waals surface area contributed by atoms with Crippen molar-refractivity contribution < 1.29 is 23.9 Å². The second-order valence-corrected chi connectivity index (χ2v) is 13.0. The number of aromatic nitrogens is 2. The lowest BCUT2D eigenvalue weighted by Gasteiger charge is -2.17. The fourth-order valence-corrected chi connectivity index (χ4v) is 5.81. The lowest BCUT2D eigenvalue weighted by atomic mass is 10.0. The summed E-state index contributed by atoms with van der Waals surface area (Å²) in [4.78, 5) is 54.6. The summed E-state index contributed by atoms with van der Waals surface area (Å²) >= 11 is 0. The number of carbonyl (C=O) groups is 2. The topological polar surface area (TPSA) is 140 Å². The van der Waals surface area contributed by atoms with Gasteiger partial charge >= 0.3 is 7.60 Å². The number of benzene rings is 4. The summed E-state index contributed by atoms with van der Waals surface area (Å²) in [7, 11) is 6.37. The standard InChI is InChI=1S/C35H37N6O5P/c1-36-34(42)25-19-24(20-26(21-25)35(43)37-2)33-38-31(22-7-11-27(12-8-22)39(3)4)32(23-9-13-28(14-10-23)40(5)6)41(33)29-15-17-30(18-16-29)47(44,45)46/h7-21H,1-6H3,(H,36,42)(H,37,43)(H2,44,45,46). The van der Waals surface area contributed by atoms with Gasteiger partial charge in [0, 0.05) is 87.2 Å². The van der Waals surface area contributed by atoms with Crippen LogP contribution in [0.25, 0.3) is 39.6 Å². The van der Waals surface area contributed by atoms with Crippen LogP contribution in [0.3, 0.4) is 0 Å². The molecule has 4 aromatic carbocycles. The number of nitrogens with one attached hydrogen (secondary N) is 2. The second-order valence-electron chi connectivity index (χ2n) is 11.4. The molecular formula is C35H37N6O5P. The van der Waals surface area contributed by atoms with Gasteiger partial charge in [-0.2, -0.15) is 0 Å². The molecule has 0 aliphatic rings. The summed E-state index contributed by atoms with van der Waals surface area (Å²) < 4.78 is 13.9. The Hall–Kier alpha value is -5.22. The zero-order valence-corrected chi connectivity index (χ0v) is 27.9. The molecular weight excluding hydrogens is 615 g/mol. The van der Waals surface area contributed by atoms with E-state index >= 15 is 0 Å². The first-order valence-electron chi connectivity index (χ1n) is 14.8. The van der Waals surface area contributed by atoms with E-state index in [1.54, 1.807) is 24.3 Å². The monoisotopic (exact) mass is 652 g/mol. The van der Waals surface area contributed by atoms with E-state index in [0.29, 0.717) is 28.5 Å². The van der Waals surface area contributed by atoms with Gasteiger partial charge in [-0.05, 0) is 66.7 Å². The molecule has 0 unspecified atom stereocenters. The molecule has 242 valence electrons. The summed E-state index contributed by atoms with van der Waals surface area (Å²) in [5.41, 5.74) is 6.59. The third kappa shape index (κ3) is 6.83. The Balaban J connectivity index is 1.89. The number of nitrogens with zero attached hydrogens (tertiary/aromatic N) is 4. The minimum absolute atomic E-state index is 0.122. The highest BCUT2D eigenvalue weighted by atomic mass is 31.2. The second kappa shape index (κ2) is 13.3. The van der Waals surface area contributed by atoms with Crippen LogP contribution in [0.15, 0.2) is 91.0 Å². The Kier molecular flexibility index (Phi) is 9.35. The van der Waals surface area contributed by atoms with Crippen LogP contribution in [-0.4, -0.2) is 73.4 Å². The van der Waals surface area contributed by atoms with E-state index in [0.717, 1.165) is 22.5 Å². The third-order valence-electron chi connectivity index (χ3n) is 7.81. The number of amides is 2. The highest BCUT2D eigenvalue weighted by Crippen LogP contribution is 2.40. The molecule has 5 rings (SSSR count). The molecule has 5 aromatic rings. The number of rotatable bonds is 9. The molecule has 0 atom stereocenters. The molecule has 11 nitrogen and oxygen atoms in total. The van der Waals surface area contributed by atoms with Crippen molar-refractivity contribution >= 4 is 36.1 Å². The maximum atomic E-state index is 12.9. The summed E-state index contributed by atoms with van der Waals surface area (Å²) in [6.45, 7) is 0. The average molecular weight is 653 g/mol. The van der Waals surface area contributed by atoms with E-state index in [1.165, 1.54) is 32.3 Å². The lowest BCUT2D eigenvalue weighted by molar-refractivity contribution is 0.0962. The van der Waals surface area contributed by atoms with Crippen LogP contribution in [0, 0.1) is 0 Å². The van der Waals surface area contributed by atoms with E-state index in [9.17, 15) is 23.9 Å². The number of hydrogen-bond acceptors (Lipinski definition) is 6. The van der Waals surface area contributed by atoms with Crippen LogP contribution >= 0.6 is 7.60 Å². The van der Waals surface area contributed by atoms with Crippen molar-refractivity contribution in [3.63, 3.8) is 0 Å². The van der Waals surface area contributed by atoms with Crippen molar-refractivity contribution in [2.45, 2.75) is 0 Å². The normalized spacial score (nSPS) is 11.2. The van der Waals surface area contributed by atoms with Gasteiger partial charge in [-0.25, -0.2) is 4.98 Å². The number of hydrogen-bond donors (Lipinski definition) is 4. The Labute approximate surface area is 273 Å². The molecule has 1 heterocycles. The van der Waals surface area contributed by atoms with Crippen LogP contribution in [0.2, 0.25) is 0 Å². The van der Waals surface area contributed by atoms with Gasteiger partial charge in [-0.1, -0.05) is 24.3 Å². The minimum atomic E-state index is -4.50. The molecule has 0 fully saturated rings. The Morgan fingerprint density at radius 1 is 0.681 bits per heavy atom. The van der Waals surface area contributed by atoms with E-state index in [2.05, 4.69) is 10.6 Å². The molecule has 0 saturated heterocycles. The molecule has 0 saturated carbocycles. The molecule has 4 N–H and O–H groups in total. The zero-order chi connectivity index (χ0) is 34.0. The molecule has 47 heavy (non-hydrogen) atoms. The van der Waals surface area contributed by atoms with Crippen molar-refractivity contribution in [1.29, 1.82) is 0 Å². The molecule has 0 radical (unpaired) electrons. The van der Waals surface area contributed by atoms with Crippen LogP contribution in [0.4, 0.5) is 11.4 Å². The van der Waals surface area contributed by atoms with Crippen molar-refractivity contribution in [3.05, 3.63) is 102 Å². The molecule has 1 aromatic heterocycles. The highest BCUT2D eigenvalue weighted by Gasteiger charge is 2.25. The number of anilines is 2. The number of imidazole rings is 1. The molecule has 0 bridgehead atoms. The quantitative estimate of drug-likeness (QED) is 0.171. The predicted octanol–water partition coefficient (Wildman–Crippen LogP) is 4.53. The highest BCUT2D eigenvalue weighted by molar-refractivity contribution is 7.60.